The van der Waals surface area contributed by atoms with Crippen molar-refractivity contribution in [1.29, 1.82) is 0 Å². The Morgan fingerprint density at radius 2 is 1.77 bits per heavy atom. The van der Waals surface area contributed by atoms with E-state index >= 15 is 0 Å². The van der Waals surface area contributed by atoms with E-state index in [1.807, 2.05) is 44.2 Å². The zero-order chi connectivity index (χ0) is 18.5. The summed E-state index contributed by atoms with van der Waals surface area (Å²) in [7, 11) is 0. The average Bonchev–Trinajstić information content (AvgIpc) is 3.07. The number of esters is 1. The fraction of sp³-hybridized carbons (Fsp3) is 0.250. The first-order valence-corrected chi connectivity index (χ1v) is 9.23. The molecule has 0 saturated heterocycles. The molecule has 0 fully saturated rings. The Labute approximate surface area is 156 Å². The van der Waals surface area contributed by atoms with Gasteiger partial charge >= 0.3 is 5.97 Å². The third-order valence-electron chi connectivity index (χ3n) is 3.92. The second kappa shape index (κ2) is 8.10. The van der Waals surface area contributed by atoms with Crippen LogP contribution in [0.15, 0.2) is 54.6 Å². The van der Waals surface area contributed by atoms with Gasteiger partial charge in [0.15, 0.2) is 0 Å². The largest absolute Gasteiger partial charge is 0.457 e. The Morgan fingerprint density at radius 1 is 1.08 bits per heavy atom. The minimum absolute atomic E-state index is 0.0921. The molecule has 0 spiro atoms. The molecule has 1 unspecified atom stereocenters. The van der Waals surface area contributed by atoms with E-state index < -0.39 is 12.0 Å². The molecule has 5 nitrogen and oxygen atoms in total. The first-order chi connectivity index (χ1) is 12.5. The van der Waals surface area contributed by atoms with Gasteiger partial charge in [-0.2, -0.15) is 0 Å². The highest BCUT2D eigenvalue weighted by atomic mass is 32.1. The molecule has 1 atom stereocenters. The highest BCUT2D eigenvalue weighted by molar-refractivity contribution is 7.18. The lowest BCUT2D eigenvalue weighted by Crippen LogP contribution is -2.45. The van der Waals surface area contributed by atoms with Crippen LogP contribution < -0.4 is 5.32 Å². The van der Waals surface area contributed by atoms with Gasteiger partial charge in [-0.1, -0.05) is 44.2 Å². The van der Waals surface area contributed by atoms with Gasteiger partial charge in [-0.05, 0) is 30.2 Å². The number of carbonyl (C=O) groups excluding carboxylic acids is 2. The number of ether oxygens (including phenoxy) is 1. The SMILES string of the molecule is CC(C)C(NC(=O)c1ccccc1)C(=O)OCc1nc2ccccc2s1. The lowest BCUT2D eigenvalue weighted by Gasteiger charge is -2.20. The Bertz CT molecular complexity index is 873. The van der Waals surface area contributed by atoms with Crippen LogP contribution >= 0.6 is 11.3 Å². The van der Waals surface area contributed by atoms with Crippen LogP contribution in [0.1, 0.15) is 29.2 Å². The van der Waals surface area contributed by atoms with Crippen molar-refractivity contribution in [3.05, 3.63) is 65.2 Å². The Kier molecular flexibility index (Phi) is 5.63. The summed E-state index contributed by atoms with van der Waals surface area (Å²) < 4.78 is 6.46. The summed E-state index contributed by atoms with van der Waals surface area (Å²) in [5, 5.41) is 3.50. The van der Waals surface area contributed by atoms with E-state index in [-0.39, 0.29) is 18.4 Å². The lowest BCUT2D eigenvalue weighted by molar-refractivity contribution is -0.148. The number of fused-ring (bicyclic) bond motifs is 1. The van der Waals surface area contributed by atoms with Gasteiger partial charge in [-0.25, -0.2) is 9.78 Å². The molecular weight excluding hydrogens is 348 g/mol. The van der Waals surface area contributed by atoms with Crippen LogP contribution in [0.25, 0.3) is 10.2 Å². The number of benzene rings is 2. The number of hydrogen-bond acceptors (Lipinski definition) is 5. The predicted molar refractivity (Wildman–Crippen MR) is 102 cm³/mol. The average molecular weight is 368 g/mol. The quantitative estimate of drug-likeness (QED) is 0.672. The molecule has 1 N–H and O–H groups in total. The van der Waals surface area contributed by atoms with Crippen molar-refractivity contribution >= 4 is 33.4 Å². The molecule has 0 aliphatic carbocycles. The summed E-state index contributed by atoms with van der Waals surface area (Å²) in [6.45, 7) is 3.84. The molecule has 0 aliphatic rings. The normalized spacial score (nSPS) is 12.1. The number of thiazole rings is 1. The van der Waals surface area contributed by atoms with Crippen LogP contribution in [0.3, 0.4) is 0 Å². The van der Waals surface area contributed by atoms with E-state index in [4.69, 9.17) is 4.74 Å². The molecule has 26 heavy (non-hydrogen) atoms. The molecule has 0 radical (unpaired) electrons. The number of carbonyl (C=O) groups is 2. The standard InChI is InChI=1S/C20H20N2O3S/c1-13(2)18(22-19(23)14-8-4-3-5-9-14)20(24)25-12-17-21-15-10-6-7-11-16(15)26-17/h3-11,13,18H,12H2,1-2H3,(H,22,23). The molecule has 0 aliphatic heterocycles. The van der Waals surface area contributed by atoms with Crippen LogP contribution in [0.4, 0.5) is 0 Å². The number of hydrogen-bond donors (Lipinski definition) is 1. The Hall–Kier alpha value is -2.73. The van der Waals surface area contributed by atoms with Crippen molar-refractivity contribution in [3.8, 4) is 0 Å². The summed E-state index contributed by atoms with van der Waals surface area (Å²) in [6.07, 6.45) is 0. The second-order valence-electron chi connectivity index (χ2n) is 6.24. The highest BCUT2D eigenvalue weighted by Gasteiger charge is 2.26. The van der Waals surface area contributed by atoms with Gasteiger partial charge < -0.3 is 10.1 Å². The third kappa shape index (κ3) is 4.26. The zero-order valence-electron chi connectivity index (χ0n) is 14.6. The van der Waals surface area contributed by atoms with E-state index in [2.05, 4.69) is 10.3 Å². The molecule has 6 heteroatoms. The van der Waals surface area contributed by atoms with Crippen LogP contribution in [0, 0.1) is 5.92 Å². The number of amides is 1. The van der Waals surface area contributed by atoms with E-state index in [1.165, 1.54) is 11.3 Å². The number of rotatable bonds is 6. The molecule has 1 amide bonds. The molecule has 1 aromatic heterocycles. The van der Waals surface area contributed by atoms with Crippen molar-refractivity contribution in [2.75, 3.05) is 0 Å². The summed E-state index contributed by atoms with van der Waals surface area (Å²) in [5.74, 6) is -0.838. The lowest BCUT2D eigenvalue weighted by atomic mass is 10.0. The smallest absolute Gasteiger partial charge is 0.329 e. The van der Waals surface area contributed by atoms with Gasteiger partial charge in [0, 0.05) is 5.56 Å². The molecule has 3 aromatic rings. The molecule has 134 valence electrons. The van der Waals surface area contributed by atoms with E-state index in [0.717, 1.165) is 15.2 Å². The van der Waals surface area contributed by atoms with Crippen molar-refractivity contribution in [2.24, 2.45) is 5.92 Å². The number of aromatic nitrogens is 1. The molecule has 1 heterocycles. The van der Waals surface area contributed by atoms with Crippen molar-refractivity contribution in [1.82, 2.24) is 10.3 Å². The minimum Gasteiger partial charge on any atom is -0.457 e. The number of nitrogens with one attached hydrogen (secondary N) is 1. The Balaban J connectivity index is 1.64. The van der Waals surface area contributed by atoms with Crippen molar-refractivity contribution in [3.63, 3.8) is 0 Å². The summed E-state index contributed by atoms with van der Waals surface area (Å²) >= 11 is 1.49. The number of nitrogens with zero attached hydrogens (tertiary/aromatic N) is 1. The molecule has 3 rings (SSSR count). The summed E-state index contributed by atoms with van der Waals surface area (Å²) in [4.78, 5) is 29.3. The zero-order valence-corrected chi connectivity index (χ0v) is 15.5. The monoisotopic (exact) mass is 368 g/mol. The van der Waals surface area contributed by atoms with Gasteiger partial charge in [-0.3, -0.25) is 4.79 Å². The Morgan fingerprint density at radius 3 is 2.46 bits per heavy atom. The van der Waals surface area contributed by atoms with Gasteiger partial charge in [0.2, 0.25) is 0 Å². The van der Waals surface area contributed by atoms with E-state index in [0.29, 0.717) is 5.56 Å². The first kappa shape index (κ1) is 18.1. The topological polar surface area (TPSA) is 68.3 Å². The fourth-order valence-electron chi connectivity index (χ4n) is 2.52. The molecule has 0 bridgehead atoms. The maximum atomic E-state index is 12.5. The van der Waals surface area contributed by atoms with Gasteiger partial charge in [-0.15, -0.1) is 11.3 Å². The highest BCUT2D eigenvalue weighted by Crippen LogP contribution is 2.22. The second-order valence-corrected chi connectivity index (χ2v) is 7.36. The first-order valence-electron chi connectivity index (χ1n) is 8.41. The van der Waals surface area contributed by atoms with Crippen molar-refractivity contribution in [2.45, 2.75) is 26.5 Å². The third-order valence-corrected chi connectivity index (χ3v) is 4.93. The van der Waals surface area contributed by atoms with Crippen LogP contribution in [-0.4, -0.2) is 22.9 Å². The van der Waals surface area contributed by atoms with Gasteiger partial charge in [0.25, 0.3) is 5.91 Å². The van der Waals surface area contributed by atoms with E-state index in [1.54, 1.807) is 24.3 Å². The predicted octanol–water partition coefficient (Wildman–Crippen LogP) is 3.79. The number of para-hydroxylation sites is 1. The summed E-state index contributed by atoms with van der Waals surface area (Å²) in [5.41, 5.74) is 1.40. The van der Waals surface area contributed by atoms with Crippen molar-refractivity contribution < 1.29 is 14.3 Å². The maximum Gasteiger partial charge on any atom is 0.329 e. The van der Waals surface area contributed by atoms with Crippen LogP contribution in [0.5, 0.6) is 0 Å². The molecule has 2 aromatic carbocycles. The van der Waals surface area contributed by atoms with Gasteiger partial charge in [0.1, 0.15) is 17.7 Å². The maximum absolute atomic E-state index is 12.5. The molecular formula is C20H20N2O3S. The van der Waals surface area contributed by atoms with Crippen LogP contribution in [-0.2, 0) is 16.1 Å². The van der Waals surface area contributed by atoms with Gasteiger partial charge in [0.05, 0.1) is 10.2 Å². The van der Waals surface area contributed by atoms with Crippen LogP contribution in [0.2, 0.25) is 0 Å². The summed E-state index contributed by atoms with van der Waals surface area (Å²) in [6, 6.07) is 15.9. The molecule has 0 saturated carbocycles. The van der Waals surface area contributed by atoms with E-state index in [9.17, 15) is 9.59 Å². The fourth-order valence-corrected chi connectivity index (χ4v) is 3.40. The minimum atomic E-state index is -0.711.